The average Bonchev–Trinajstić information content (AvgIpc) is 2.94. The van der Waals surface area contributed by atoms with E-state index in [-0.39, 0.29) is 11.6 Å². The number of non-ortho nitro benzene ring substituents is 1. The minimum atomic E-state index is -0.519. The molecule has 0 aromatic heterocycles. The molecule has 4 rings (SSSR count). The summed E-state index contributed by atoms with van der Waals surface area (Å²) in [5, 5.41) is 11.2. The van der Waals surface area contributed by atoms with Gasteiger partial charge in [0.05, 0.1) is 17.4 Å². The molecule has 0 N–H and O–H groups in total. The summed E-state index contributed by atoms with van der Waals surface area (Å²) in [6.45, 7) is 0.438. The second-order valence-electron chi connectivity index (χ2n) is 6.25. The van der Waals surface area contributed by atoms with E-state index >= 15 is 0 Å². The standard InChI is InChI=1S/C21H16N2O3/c24-21-20(16-9-5-2-6-10-16)18-13-17(23(25)26)11-12-19(18)22(21)14-15-7-3-1-4-8-15/h1-13,20H,14H2. The maximum absolute atomic E-state index is 13.2. The molecule has 0 aliphatic carbocycles. The number of fused-ring (bicyclic) bond motifs is 1. The minimum Gasteiger partial charge on any atom is -0.307 e. The molecule has 5 nitrogen and oxygen atoms in total. The zero-order valence-electron chi connectivity index (χ0n) is 13.9. The molecule has 128 valence electrons. The number of nitro benzene ring substituents is 1. The number of nitro groups is 1. The van der Waals surface area contributed by atoms with Crippen LogP contribution in [-0.4, -0.2) is 10.8 Å². The monoisotopic (exact) mass is 344 g/mol. The Bertz CT molecular complexity index is 971. The van der Waals surface area contributed by atoms with Crippen LogP contribution in [0.2, 0.25) is 0 Å². The molecule has 0 fully saturated rings. The van der Waals surface area contributed by atoms with E-state index in [4.69, 9.17) is 0 Å². The average molecular weight is 344 g/mol. The van der Waals surface area contributed by atoms with Crippen LogP contribution in [0, 0.1) is 10.1 Å². The van der Waals surface area contributed by atoms with Crippen molar-refractivity contribution in [1.29, 1.82) is 0 Å². The Morgan fingerprint density at radius 1 is 0.923 bits per heavy atom. The van der Waals surface area contributed by atoms with Crippen LogP contribution < -0.4 is 4.90 Å². The number of benzene rings is 3. The van der Waals surface area contributed by atoms with Gasteiger partial charge < -0.3 is 4.90 Å². The summed E-state index contributed by atoms with van der Waals surface area (Å²) < 4.78 is 0. The van der Waals surface area contributed by atoms with Gasteiger partial charge >= 0.3 is 0 Å². The van der Waals surface area contributed by atoms with Crippen molar-refractivity contribution in [3.05, 3.63) is 106 Å². The molecule has 1 heterocycles. The Balaban J connectivity index is 1.81. The first-order valence-electron chi connectivity index (χ1n) is 8.34. The summed E-state index contributed by atoms with van der Waals surface area (Å²) in [5.41, 5.74) is 3.28. The predicted molar refractivity (Wildman–Crippen MR) is 99.0 cm³/mol. The summed E-state index contributed by atoms with van der Waals surface area (Å²) >= 11 is 0. The second-order valence-corrected chi connectivity index (χ2v) is 6.25. The van der Waals surface area contributed by atoms with E-state index in [1.165, 1.54) is 12.1 Å². The van der Waals surface area contributed by atoms with Crippen LogP contribution in [0.5, 0.6) is 0 Å². The highest BCUT2D eigenvalue weighted by molar-refractivity contribution is 6.07. The number of hydrogen-bond donors (Lipinski definition) is 0. The van der Waals surface area contributed by atoms with Crippen LogP contribution in [0.1, 0.15) is 22.6 Å². The lowest BCUT2D eigenvalue weighted by molar-refractivity contribution is -0.384. The molecule has 0 radical (unpaired) electrons. The van der Waals surface area contributed by atoms with E-state index in [2.05, 4.69) is 0 Å². The highest BCUT2D eigenvalue weighted by atomic mass is 16.6. The first-order chi connectivity index (χ1) is 12.6. The Hall–Kier alpha value is -3.47. The van der Waals surface area contributed by atoms with Crippen molar-refractivity contribution in [2.24, 2.45) is 0 Å². The van der Waals surface area contributed by atoms with Crippen LogP contribution in [0.15, 0.2) is 78.9 Å². The van der Waals surface area contributed by atoms with E-state index < -0.39 is 10.8 Å². The number of carbonyl (C=O) groups is 1. The molecule has 0 spiro atoms. The summed E-state index contributed by atoms with van der Waals surface area (Å²) in [4.78, 5) is 25.7. The van der Waals surface area contributed by atoms with Crippen molar-refractivity contribution in [3.63, 3.8) is 0 Å². The quantitative estimate of drug-likeness (QED) is 0.524. The van der Waals surface area contributed by atoms with Gasteiger partial charge in [-0.25, -0.2) is 0 Å². The number of nitrogens with zero attached hydrogens (tertiary/aromatic N) is 2. The van der Waals surface area contributed by atoms with E-state index in [0.717, 1.165) is 16.8 Å². The molecule has 1 unspecified atom stereocenters. The molecule has 1 aliphatic rings. The summed E-state index contributed by atoms with van der Waals surface area (Å²) in [5.74, 6) is -0.578. The van der Waals surface area contributed by atoms with Crippen molar-refractivity contribution in [1.82, 2.24) is 0 Å². The van der Waals surface area contributed by atoms with Gasteiger partial charge in [-0.15, -0.1) is 0 Å². The SMILES string of the molecule is O=C1C(c2ccccc2)c2cc([N+](=O)[O-])ccc2N1Cc1ccccc1. The normalized spacial score (nSPS) is 15.8. The van der Waals surface area contributed by atoms with Gasteiger partial charge in [0.1, 0.15) is 0 Å². The largest absolute Gasteiger partial charge is 0.307 e. The topological polar surface area (TPSA) is 63.4 Å². The fraction of sp³-hybridized carbons (Fsp3) is 0.0952. The Morgan fingerprint density at radius 2 is 1.58 bits per heavy atom. The molecule has 0 saturated heterocycles. The lowest BCUT2D eigenvalue weighted by Gasteiger charge is -2.18. The fourth-order valence-electron chi connectivity index (χ4n) is 3.44. The van der Waals surface area contributed by atoms with Crippen molar-refractivity contribution < 1.29 is 9.72 Å². The van der Waals surface area contributed by atoms with E-state index in [9.17, 15) is 14.9 Å². The van der Waals surface area contributed by atoms with Crippen molar-refractivity contribution in [3.8, 4) is 0 Å². The molecule has 3 aromatic rings. The first kappa shape index (κ1) is 16.0. The maximum atomic E-state index is 13.2. The van der Waals surface area contributed by atoms with Gasteiger partial charge in [0.2, 0.25) is 5.91 Å². The number of hydrogen-bond acceptors (Lipinski definition) is 3. The van der Waals surface area contributed by atoms with E-state index in [0.29, 0.717) is 12.1 Å². The van der Waals surface area contributed by atoms with Crippen LogP contribution in [0.4, 0.5) is 11.4 Å². The third-order valence-corrected chi connectivity index (χ3v) is 4.65. The maximum Gasteiger partial charge on any atom is 0.269 e. The molecule has 0 saturated carbocycles. The van der Waals surface area contributed by atoms with Gasteiger partial charge in [-0.2, -0.15) is 0 Å². The third kappa shape index (κ3) is 2.73. The third-order valence-electron chi connectivity index (χ3n) is 4.65. The van der Waals surface area contributed by atoms with Crippen molar-refractivity contribution in [2.45, 2.75) is 12.5 Å². The highest BCUT2D eigenvalue weighted by Crippen LogP contribution is 2.43. The lowest BCUT2D eigenvalue weighted by Crippen LogP contribution is -2.28. The molecular formula is C21H16N2O3. The molecule has 26 heavy (non-hydrogen) atoms. The van der Waals surface area contributed by atoms with Crippen LogP contribution in [-0.2, 0) is 11.3 Å². The van der Waals surface area contributed by atoms with Gasteiger partial charge in [-0.05, 0) is 22.8 Å². The first-order valence-corrected chi connectivity index (χ1v) is 8.34. The Morgan fingerprint density at radius 3 is 2.23 bits per heavy atom. The molecular weight excluding hydrogens is 328 g/mol. The zero-order chi connectivity index (χ0) is 18.1. The number of rotatable bonds is 4. The van der Waals surface area contributed by atoms with E-state index in [1.807, 2.05) is 60.7 Å². The van der Waals surface area contributed by atoms with Crippen LogP contribution in [0.3, 0.4) is 0 Å². The highest BCUT2D eigenvalue weighted by Gasteiger charge is 2.39. The van der Waals surface area contributed by atoms with Crippen molar-refractivity contribution >= 4 is 17.3 Å². The summed E-state index contributed by atoms with van der Waals surface area (Å²) in [6, 6.07) is 23.8. The zero-order valence-corrected chi connectivity index (χ0v) is 13.9. The smallest absolute Gasteiger partial charge is 0.269 e. The Kier molecular flexibility index (Phi) is 3.97. The number of carbonyl (C=O) groups excluding carboxylic acids is 1. The fourth-order valence-corrected chi connectivity index (χ4v) is 3.44. The number of anilines is 1. The molecule has 1 aliphatic heterocycles. The minimum absolute atomic E-state index is 0.000887. The lowest BCUT2D eigenvalue weighted by atomic mass is 9.92. The van der Waals surface area contributed by atoms with Gasteiger partial charge in [-0.1, -0.05) is 60.7 Å². The van der Waals surface area contributed by atoms with Gasteiger partial charge in [-0.3, -0.25) is 14.9 Å². The van der Waals surface area contributed by atoms with Crippen LogP contribution in [0.25, 0.3) is 0 Å². The van der Waals surface area contributed by atoms with Gasteiger partial charge in [0.15, 0.2) is 0 Å². The summed E-state index contributed by atoms with van der Waals surface area (Å²) in [6.07, 6.45) is 0. The van der Waals surface area contributed by atoms with Gasteiger partial charge in [0.25, 0.3) is 5.69 Å². The molecule has 0 bridgehead atoms. The van der Waals surface area contributed by atoms with Crippen molar-refractivity contribution in [2.75, 3.05) is 4.90 Å². The predicted octanol–water partition coefficient (Wildman–Crippen LogP) is 4.27. The molecule has 5 heteroatoms. The summed E-state index contributed by atoms with van der Waals surface area (Å²) in [7, 11) is 0. The number of amides is 1. The van der Waals surface area contributed by atoms with E-state index in [1.54, 1.807) is 11.0 Å². The molecule has 1 atom stereocenters. The molecule has 3 aromatic carbocycles. The second kappa shape index (κ2) is 6.44. The van der Waals surface area contributed by atoms with Crippen LogP contribution >= 0.6 is 0 Å². The Labute approximate surface area is 150 Å². The van der Waals surface area contributed by atoms with Gasteiger partial charge in [0, 0.05) is 17.8 Å². The molecule has 1 amide bonds.